The second kappa shape index (κ2) is 6.62. The molecule has 0 saturated carbocycles. The van der Waals surface area contributed by atoms with E-state index in [0.29, 0.717) is 13.1 Å². The summed E-state index contributed by atoms with van der Waals surface area (Å²) < 4.78 is 5.20. The average molecular weight is 201 g/mol. The Hall–Kier alpha value is -0.810. The lowest BCUT2D eigenvalue weighted by molar-refractivity contribution is 0.145. The van der Waals surface area contributed by atoms with Gasteiger partial charge in [0.25, 0.3) is 0 Å². The molecule has 1 atom stereocenters. The summed E-state index contributed by atoms with van der Waals surface area (Å²) in [5.74, 6) is 0.784. The third-order valence-electron chi connectivity index (χ3n) is 1.93. The highest BCUT2D eigenvalue weighted by atomic mass is 16.5. The van der Waals surface area contributed by atoms with E-state index in [4.69, 9.17) is 9.84 Å². The molecule has 1 rings (SSSR count). The zero-order chi connectivity index (χ0) is 10.2. The van der Waals surface area contributed by atoms with Crippen LogP contribution in [0.2, 0.25) is 0 Å². The van der Waals surface area contributed by atoms with Gasteiger partial charge in [-0.05, 0) is 13.3 Å². The maximum Gasteiger partial charge on any atom is 0.191 e. The van der Waals surface area contributed by atoms with Crippen molar-refractivity contribution in [2.45, 2.75) is 19.4 Å². The van der Waals surface area contributed by atoms with Crippen LogP contribution in [0.25, 0.3) is 0 Å². The molecule has 0 aromatic carbocycles. The van der Waals surface area contributed by atoms with Crippen molar-refractivity contribution in [2.75, 3.05) is 32.8 Å². The molecule has 1 aliphatic rings. The van der Waals surface area contributed by atoms with Gasteiger partial charge in [0, 0.05) is 26.3 Å². The maximum absolute atomic E-state index is 9.15. The molecule has 82 valence electrons. The van der Waals surface area contributed by atoms with Crippen molar-refractivity contribution < 1.29 is 9.84 Å². The van der Waals surface area contributed by atoms with Crippen molar-refractivity contribution in [3.8, 4) is 0 Å². The normalized spacial score (nSPS) is 21.3. The van der Waals surface area contributed by atoms with E-state index in [-0.39, 0.29) is 6.10 Å². The first-order valence-electron chi connectivity index (χ1n) is 5.11. The van der Waals surface area contributed by atoms with Crippen LogP contribution in [0.4, 0.5) is 0 Å². The largest absolute Gasteiger partial charge is 0.389 e. The zero-order valence-corrected chi connectivity index (χ0v) is 8.62. The number of aliphatic imine (C=N–C) groups is 1. The smallest absolute Gasteiger partial charge is 0.191 e. The lowest BCUT2D eigenvalue weighted by Gasteiger charge is -2.19. The summed E-state index contributed by atoms with van der Waals surface area (Å²) in [7, 11) is 0. The molecule has 0 aliphatic carbocycles. The molecule has 5 nitrogen and oxygen atoms in total. The van der Waals surface area contributed by atoms with Crippen LogP contribution >= 0.6 is 0 Å². The lowest BCUT2D eigenvalue weighted by Crippen LogP contribution is -2.46. The predicted molar refractivity (Wildman–Crippen MR) is 55.4 cm³/mol. The number of nitrogens with zero attached hydrogens (tertiary/aromatic N) is 1. The first-order chi connectivity index (χ1) is 6.83. The second-order valence-corrected chi connectivity index (χ2v) is 3.20. The molecular formula is C9H19N3O2. The molecule has 1 aliphatic heterocycles. The molecule has 0 aromatic heterocycles. The lowest BCUT2D eigenvalue weighted by atomic mass is 10.3. The van der Waals surface area contributed by atoms with Gasteiger partial charge in [0.05, 0.1) is 12.6 Å². The van der Waals surface area contributed by atoms with Crippen molar-refractivity contribution >= 4 is 5.96 Å². The van der Waals surface area contributed by atoms with Gasteiger partial charge in [-0.2, -0.15) is 0 Å². The minimum Gasteiger partial charge on any atom is -0.389 e. The minimum atomic E-state index is -0.344. The fourth-order valence-corrected chi connectivity index (χ4v) is 1.18. The molecule has 0 bridgehead atoms. The Kier molecular flexibility index (Phi) is 5.32. The Labute approximate surface area is 84.6 Å². The van der Waals surface area contributed by atoms with Gasteiger partial charge in [-0.15, -0.1) is 0 Å². The summed E-state index contributed by atoms with van der Waals surface area (Å²) in [4.78, 5) is 4.13. The van der Waals surface area contributed by atoms with Crippen LogP contribution in [0.3, 0.4) is 0 Å². The van der Waals surface area contributed by atoms with Gasteiger partial charge >= 0.3 is 0 Å². The number of aliphatic hydroxyl groups excluding tert-OH is 1. The van der Waals surface area contributed by atoms with E-state index >= 15 is 0 Å². The highest BCUT2D eigenvalue weighted by Gasteiger charge is 2.10. The van der Waals surface area contributed by atoms with Crippen LogP contribution in [0.5, 0.6) is 0 Å². The van der Waals surface area contributed by atoms with E-state index in [1.165, 1.54) is 0 Å². The van der Waals surface area contributed by atoms with Crippen LogP contribution in [-0.4, -0.2) is 50.0 Å². The zero-order valence-electron chi connectivity index (χ0n) is 8.62. The quantitative estimate of drug-likeness (QED) is 0.516. The number of aliphatic hydroxyl groups is 1. The monoisotopic (exact) mass is 201 g/mol. The van der Waals surface area contributed by atoms with E-state index in [0.717, 1.165) is 32.1 Å². The van der Waals surface area contributed by atoms with E-state index in [2.05, 4.69) is 15.6 Å². The first kappa shape index (κ1) is 11.3. The molecule has 1 heterocycles. The predicted octanol–water partition coefficient (Wildman–Crippen LogP) is -0.677. The van der Waals surface area contributed by atoms with E-state index in [1.54, 1.807) is 0 Å². The number of β-amino-alcohol motifs (C(OH)–C–C–N with tert-alkyl or cyclic N) is 1. The Bertz CT molecular complexity index is 185. The second-order valence-electron chi connectivity index (χ2n) is 3.20. The SMILES string of the molecule is CCOCCCNC1=NCC(O)CN1. The molecule has 0 saturated heterocycles. The molecular weight excluding hydrogens is 182 g/mol. The van der Waals surface area contributed by atoms with Gasteiger partial charge in [-0.1, -0.05) is 0 Å². The Balaban J connectivity index is 2.01. The molecule has 1 unspecified atom stereocenters. The van der Waals surface area contributed by atoms with Gasteiger partial charge in [-0.3, -0.25) is 4.99 Å². The maximum atomic E-state index is 9.15. The third-order valence-corrected chi connectivity index (χ3v) is 1.93. The van der Waals surface area contributed by atoms with E-state index in [1.807, 2.05) is 6.92 Å². The van der Waals surface area contributed by atoms with Crippen molar-refractivity contribution in [3.63, 3.8) is 0 Å². The highest BCUT2D eigenvalue weighted by molar-refractivity contribution is 5.80. The van der Waals surface area contributed by atoms with Gasteiger partial charge < -0.3 is 20.5 Å². The number of guanidine groups is 1. The van der Waals surface area contributed by atoms with Crippen LogP contribution in [-0.2, 0) is 4.74 Å². The van der Waals surface area contributed by atoms with E-state index < -0.39 is 0 Å². The molecule has 0 spiro atoms. The molecule has 0 fully saturated rings. The molecule has 0 amide bonds. The number of ether oxygens (including phenoxy) is 1. The van der Waals surface area contributed by atoms with Crippen LogP contribution in [0, 0.1) is 0 Å². The molecule has 14 heavy (non-hydrogen) atoms. The summed E-state index contributed by atoms with van der Waals surface area (Å²) in [6.07, 6.45) is 0.626. The van der Waals surface area contributed by atoms with Crippen LogP contribution in [0.1, 0.15) is 13.3 Å². The fraction of sp³-hybridized carbons (Fsp3) is 0.889. The topological polar surface area (TPSA) is 65.9 Å². The van der Waals surface area contributed by atoms with Gasteiger partial charge in [0.1, 0.15) is 0 Å². The summed E-state index contributed by atoms with van der Waals surface area (Å²) >= 11 is 0. The van der Waals surface area contributed by atoms with Crippen molar-refractivity contribution in [1.29, 1.82) is 0 Å². The van der Waals surface area contributed by atoms with Crippen LogP contribution in [0.15, 0.2) is 4.99 Å². The minimum absolute atomic E-state index is 0.344. The third kappa shape index (κ3) is 4.43. The van der Waals surface area contributed by atoms with Crippen LogP contribution < -0.4 is 10.6 Å². The van der Waals surface area contributed by atoms with Crippen molar-refractivity contribution in [3.05, 3.63) is 0 Å². The van der Waals surface area contributed by atoms with Gasteiger partial charge in [0.15, 0.2) is 5.96 Å². The number of rotatable bonds is 5. The fourth-order valence-electron chi connectivity index (χ4n) is 1.18. The van der Waals surface area contributed by atoms with E-state index in [9.17, 15) is 0 Å². The average Bonchev–Trinajstić information content (AvgIpc) is 2.21. The summed E-state index contributed by atoms with van der Waals surface area (Å²) in [6.45, 7) is 5.45. The Morgan fingerprint density at radius 2 is 2.57 bits per heavy atom. The standard InChI is InChI=1S/C9H19N3O2/c1-2-14-5-3-4-10-9-11-6-8(13)7-12-9/h8,13H,2-7H2,1H3,(H2,10,11,12). The Morgan fingerprint density at radius 1 is 1.71 bits per heavy atom. The molecule has 0 aromatic rings. The molecule has 3 N–H and O–H groups in total. The highest BCUT2D eigenvalue weighted by Crippen LogP contribution is 1.89. The summed E-state index contributed by atoms with van der Waals surface area (Å²) in [6, 6.07) is 0. The summed E-state index contributed by atoms with van der Waals surface area (Å²) in [5.41, 5.74) is 0. The van der Waals surface area contributed by atoms with Gasteiger partial charge in [-0.25, -0.2) is 0 Å². The molecule has 0 radical (unpaired) electrons. The van der Waals surface area contributed by atoms with Gasteiger partial charge in [0.2, 0.25) is 0 Å². The number of hydrogen-bond donors (Lipinski definition) is 3. The molecule has 5 heteroatoms. The van der Waals surface area contributed by atoms with Crippen molar-refractivity contribution in [2.24, 2.45) is 4.99 Å². The van der Waals surface area contributed by atoms with Crippen molar-refractivity contribution in [1.82, 2.24) is 10.6 Å². The summed E-state index contributed by atoms with van der Waals surface area (Å²) in [5, 5.41) is 15.3. The Morgan fingerprint density at radius 3 is 3.21 bits per heavy atom. The number of nitrogens with one attached hydrogen (secondary N) is 2. The number of hydrogen-bond acceptors (Lipinski definition) is 5. The first-order valence-corrected chi connectivity index (χ1v) is 5.11.